The van der Waals surface area contributed by atoms with Crippen molar-refractivity contribution in [2.45, 2.75) is 26.3 Å². The summed E-state index contributed by atoms with van der Waals surface area (Å²) in [4.78, 5) is 37.5. The second kappa shape index (κ2) is 6.69. The second-order valence-corrected chi connectivity index (χ2v) is 5.51. The minimum absolute atomic E-state index is 0.0781. The lowest BCUT2D eigenvalue weighted by Crippen LogP contribution is -2.50. The van der Waals surface area contributed by atoms with Gasteiger partial charge in [-0.1, -0.05) is 0 Å². The number of aliphatic carboxylic acids is 2. The van der Waals surface area contributed by atoms with Crippen LogP contribution in [0.3, 0.4) is 0 Å². The molecule has 0 saturated carbocycles. The monoisotopic (exact) mass is 286 g/mol. The summed E-state index contributed by atoms with van der Waals surface area (Å²) in [5, 5.41) is 18.2. The van der Waals surface area contributed by atoms with E-state index in [0.717, 1.165) is 0 Å². The van der Waals surface area contributed by atoms with E-state index in [1.54, 1.807) is 16.8 Å². The summed E-state index contributed by atoms with van der Waals surface area (Å²) in [7, 11) is 1.70. The first-order valence-corrected chi connectivity index (χ1v) is 6.67. The van der Waals surface area contributed by atoms with Gasteiger partial charge in [0.05, 0.1) is 18.4 Å². The Morgan fingerprint density at radius 3 is 2.20 bits per heavy atom. The van der Waals surface area contributed by atoms with E-state index in [-0.39, 0.29) is 31.5 Å². The van der Waals surface area contributed by atoms with Gasteiger partial charge in [0.2, 0.25) is 5.91 Å². The lowest BCUT2D eigenvalue weighted by Gasteiger charge is -2.35. The van der Waals surface area contributed by atoms with Crippen LogP contribution in [0.2, 0.25) is 0 Å². The number of rotatable bonds is 5. The predicted octanol–water partition coefficient (Wildman–Crippen LogP) is -0.0395. The number of carbonyl (C=O) groups is 3. The van der Waals surface area contributed by atoms with Crippen LogP contribution < -0.4 is 0 Å². The smallest absolute Gasteiger partial charge is 0.308 e. The van der Waals surface area contributed by atoms with Crippen LogP contribution in [0.5, 0.6) is 0 Å². The van der Waals surface area contributed by atoms with Crippen LogP contribution in [0.4, 0.5) is 0 Å². The van der Waals surface area contributed by atoms with Crippen molar-refractivity contribution in [3.05, 3.63) is 0 Å². The Hall–Kier alpha value is -1.63. The minimum Gasteiger partial charge on any atom is -0.481 e. The number of hydrogen-bond acceptors (Lipinski definition) is 4. The fourth-order valence-electron chi connectivity index (χ4n) is 2.30. The highest BCUT2D eigenvalue weighted by atomic mass is 16.4. The van der Waals surface area contributed by atoms with Crippen LogP contribution in [0.15, 0.2) is 0 Å². The Morgan fingerprint density at radius 1 is 1.20 bits per heavy atom. The molecule has 7 nitrogen and oxygen atoms in total. The van der Waals surface area contributed by atoms with Gasteiger partial charge in [0.15, 0.2) is 0 Å². The number of carboxylic acid groups (broad SMARTS) is 2. The summed E-state index contributed by atoms with van der Waals surface area (Å²) in [6, 6.07) is 0.0781. The molecule has 1 aliphatic heterocycles. The highest BCUT2D eigenvalue weighted by Crippen LogP contribution is 2.24. The van der Waals surface area contributed by atoms with Crippen LogP contribution in [0, 0.1) is 11.8 Å². The van der Waals surface area contributed by atoms with Gasteiger partial charge in [0, 0.05) is 19.6 Å². The maximum Gasteiger partial charge on any atom is 0.308 e. The number of amides is 1. The molecule has 20 heavy (non-hydrogen) atoms. The van der Waals surface area contributed by atoms with E-state index in [0.29, 0.717) is 6.54 Å². The Bertz CT molecular complexity index is 396. The van der Waals surface area contributed by atoms with Crippen LogP contribution >= 0.6 is 0 Å². The normalized spacial score (nSPS) is 23.6. The van der Waals surface area contributed by atoms with Crippen molar-refractivity contribution < 1.29 is 24.6 Å². The minimum atomic E-state index is -1.12. The average molecular weight is 286 g/mol. The first-order chi connectivity index (χ1) is 9.23. The summed E-state index contributed by atoms with van der Waals surface area (Å²) < 4.78 is 0. The molecule has 1 saturated heterocycles. The molecular formula is C13H22N2O5. The van der Waals surface area contributed by atoms with Crippen LogP contribution in [-0.4, -0.2) is 70.6 Å². The summed E-state index contributed by atoms with van der Waals surface area (Å²) in [6.45, 7) is 4.45. The zero-order valence-corrected chi connectivity index (χ0v) is 12.1. The van der Waals surface area contributed by atoms with E-state index in [9.17, 15) is 14.4 Å². The third-order valence-electron chi connectivity index (χ3n) is 3.86. The van der Waals surface area contributed by atoms with Gasteiger partial charge in [-0.25, -0.2) is 0 Å². The topological polar surface area (TPSA) is 98.2 Å². The molecule has 0 radical (unpaired) electrons. The van der Waals surface area contributed by atoms with Crippen molar-refractivity contribution >= 4 is 17.8 Å². The Balaban J connectivity index is 2.65. The third-order valence-corrected chi connectivity index (χ3v) is 3.86. The van der Waals surface area contributed by atoms with Crippen LogP contribution in [0.1, 0.15) is 20.3 Å². The summed E-state index contributed by atoms with van der Waals surface area (Å²) in [6.07, 6.45) is 0.255. The van der Waals surface area contributed by atoms with Gasteiger partial charge in [-0.3, -0.25) is 19.3 Å². The molecular weight excluding hydrogens is 264 g/mol. The lowest BCUT2D eigenvalue weighted by molar-refractivity contribution is -0.157. The zero-order valence-electron chi connectivity index (χ0n) is 12.1. The van der Waals surface area contributed by atoms with Crippen molar-refractivity contribution in [1.82, 2.24) is 9.80 Å². The fourth-order valence-corrected chi connectivity index (χ4v) is 2.30. The van der Waals surface area contributed by atoms with Gasteiger partial charge >= 0.3 is 11.9 Å². The van der Waals surface area contributed by atoms with E-state index in [2.05, 4.69) is 0 Å². The molecule has 0 aliphatic carbocycles. The zero-order chi connectivity index (χ0) is 15.4. The SMILES string of the molecule is CC(C)N(C)C(=O)CN1CCC(C(=O)O)C(C(=O)O)C1. The molecule has 2 atom stereocenters. The molecule has 1 fully saturated rings. The number of hydrogen-bond donors (Lipinski definition) is 2. The number of likely N-dealkylation sites (N-methyl/N-ethyl adjacent to an activating group) is 1. The molecule has 7 heteroatoms. The quantitative estimate of drug-likeness (QED) is 0.736. The highest BCUT2D eigenvalue weighted by Gasteiger charge is 2.39. The maximum absolute atomic E-state index is 12.0. The maximum atomic E-state index is 12.0. The Labute approximate surface area is 118 Å². The molecule has 2 N–H and O–H groups in total. The molecule has 1 rings (SSSR count). The molecule has 1 amide bonds. The number of carboxylic acids is 2. The van der Waals surface area contributed by atoms with Gasteiger partial charge in [-0.15, -0.1) is 0 Å². The van der Waals surface area contributed by atoms with Crippen LogP contribution in [-0.2, 0) is 14.4 Å². The van der Waals surface area contributed by atoms with E-state index in [1.165, 1.54) is 0 Å². The van der Waals surface area contributed by atoms with Crippen molar-refractivity contribution in [3.8, 4) is 0 Å². The number of nitrogens with zero attached hydrogens (tertiary/aromatic N) is 2. The van der Waals surface area contributed by atoms with Crippen molar-refractivity contribution in [1.29, 1.82) is 0 Å². The van der Waals surface area contributed by atoms with E-state index < -0.39 is 23.8 Å². The first-order valence-electron chi connectivity index (χ1n) is 6.67. The molecule has 2 unspecified atom stereocenters. The van der Waals surface area contributed by atoms with Gasteiger partial charge in [-0.05, 0) is 26.8 Å². The predicted molar refractivity (Wildman–Crippen MR) is 71.2 cm³/mol. The molecule has 0 aromatic rings. The molecule has 0 aromatic heterocycles. The summed E-state index contributed by atoms with van der Waals surface area (Å²) in [5.74, 6) is -4.12. The average Bonchev–Trinajstić information content (AvgIpc) is 2.37. The molecule has 0 aromatic carbocycles. The van der Waals surface area contributed by atoms with Gasteiger partial charge in [-0.2, -0.15) is 0 Å². The lowest BCUT2D eigenvalue weighted by atomic mass is 9.85. The number of likely N-dealkylation sites (tertiary alicyclic amines) is 1. The van der Waals surface area contributed by atoms with Gasteiger partial charge < -0.3 is 15.1 Å². The molecule has 1 heterocycles. The van der Waals surface area contributed by atoms with E-state index in [1.807, 2.05) is 13.8 Å². The standard InChI is InChI=1S/C13H22N2O5/c1-8(2)14(3)11(16)7-15-5-4-9(12(17)18)10(6-15)13(19)20/h8-10H,4-7H2,1-3H3,(H,17,18)(H,19,20). The molecule has 0 bridgehead atoms. The first kappa shape index (κ1) is 16.4. The molecule has 0 spiro atoms. The summed E-state index contributed by atoms with van der Waals surface area (Å²) >= 11 is 0. The van der Waals surface area contributed by atoms with Crippen molar-refractivity contribution in [2.75, 3.05) is 26.7 Å². The van der Waals surface area contributed by atoms with Gasteiger partial charge in [0.25, 0.3) is 0 Å². The largest absolute Gasteiger partial charge is 0.481 e. The highest BCUT2D eigenvalue weighted by molar-refractivity contribution is 5.81. The van der Waals surface area contributed by atoms with Gasteiger partial charge in [0.1, 0.15) is 0 Å². The Morgan fingerprint density at radius 2 is 1.75 bits per heavy atom. The molecule has 1 aliphatic rings. The third kappa shape index (κ3) is 3.93. The fraction of sp³-hybridized carbons (Fsp3) is 0.769. The number of piperidine rings is 1. The molecule has 114 valence electrons. The van der Waals surface area contributed by atoms with Crippen molar-refractivity contribution in [3.63, 3.8) is 0 Å². The Kier molecular flexibility index (Phi) is 5.50. The van der Waals surface area contributed by atoms with Crippen molar-refractivity contribution in [2.24, 2.45) is 11.8 Å². The second-order valence-electron chi connectivity index (χ2n) is 5.51. The number of carbonyl (C=O) groups excluding carboxylic acids is 1. The summed E-state index contributed by atoms with van der Waals surface area (Å²) in [5.41, 5.74) is 0. The van der Waals surface area contributed by atoms with E-state index >= 15 is 0 Å². The van der Waals surface area contributed by atoms with Crippen LogP contribution in [0.25, 0.3) is 0 Å². The van der Waals surface area contributed by atoms with E-state index in [4.69, 9.17) is 10.2 Å².